The molecule has 0 unspecified atom stereocenters. The molecule has 0 saturated carbocycles. The van der Waals surface area contributed by atoms with Crippen LogP contribution < -0.4 is 0 Å². The molecular weight excluding hydrogens is 673 g/mol. The Morgan fingerprint density at radius 2 is 0.818 bits per heavy atom. The van der Waals surface area contributed by atoms with Gasteiger partial charge in [-0.25, -0.2) is 0 Å². The molecule has 55 heavy (non-hydrogen) atoms. The molecule has 256 valence electrons. The quantitative estimate of drug-likeness (QED) is 0.171. The van der Waals surface area contributed by atoms with Crippen molar-refractivity contribution in [2.24, 2.45) is 0 Å². The highest BCUT2D eigenvalue weighted by atomic mass is 16.3. The number of para-hydroxylation sites is 1. The number of fused-ring (bicyclic) bond motifs is 10. The Labute approximate surface area is 315 Å². The first-order valence-electron chi connectivity index (χ1n) is 18.7. The van der Waals surface area contributed by atoms with Crippen molar-refractivity contribution in [1.82, 2.24) is 0 Å². The summed E-state index contributed by atoms with van der Waals surface area (Å²) >= 11 is 0. The van der Waals surface area contributed by atoms with Crippen molar-refractivity contribution >= 4 is 76.4 Å². The summed E-state index contributed by atoms with van der Waals surface area (Å²) in [5.74, 6) is 0.859. The second-order valence-corrected chi connectivity index (χ2v) is 14.3. The Bertz CT molecular complexity index is 3420. The summed E-state index contributed by atoms with van der Waals surface area (Å²) in [6, 6.07) is 64.1. The average Bonchev–Trinajstić information content (AvgIpc) is 3.94. The highest BCUT2D eigenvalue weighted by Crippen LogP contribution is 2.49. The molecule has 0 radical (unpaired) electrons. The normalized spacial score (nSPS) is 12.0. The second kappa shape index (κ2) is 11.6. The maximum atomic E-state index is 6.89. The van der Waals surface area contributed by atoms with E-state index in [2.05, 4.69) is 164 Å². The van der Waals surface area contributed by atoms with Crippen LogP contribution in [0.15, 0.2) is 195 Å². The lowest BCUT2D eigenvalue weighted by atomic mass is 9.85. The van der Waals surface area contributed by atoms with Crippen molar-refractivity contribution in [2.45, 2.75) is 0 Å². The molecule has 0 N–H and O–H groups in total. The van der Waals surface area contributed by atoms with Crippen LogP contribution in [0.1, 0.15) is 0 Å². The van der Waals surface area contributed by atoms with E-state index in [4.69, 9.17) is 13.3 Å². The zero-order chi connectivity index (χ0) is 36.0. The van der Waals surface area contributed by atoms with E-state index in [1.165, 1.54) is 38.2 Å². The van der Waals surface area contributed by atoms with Gasteiger partial charge in [0.05, 0.1) is 5.39 Å². The third-order valence-electron chi connectivity index (χ3n) is 11.3. The monoisotopic (exact) mass is 702 g/mol. The van der Waals surface area contributed by atoms with Gasteiger partial charge in [-0.15, -0.1) is 0 Å². The molecular formula is C52H30O3. The van der Waals surface area contributed by atoms with Crippen LogP contribution in [0.3, 0.4) is 0 Å². The first kappa shape index (κ1) is 30.1. The Balaban J connectivity index is 1.11. The molecule has 0 aliphatic carbocycles. The van der Waals surface area contributed by atoms with Crippen molar-refractivity contribution < 1.29 is 13.3 Å². The topological polar surface area (TPSA) is 39.4 Å². The number of rotatable bonds is 4. The van der Waals surface area contributed by atoms with E-state index in [1.807, 2.05) is 18.2 Å². The lowest BCUT2D eigenvalue weighted by Gasteiger charge is -2.18. The number of furan rings is 3. The molecule has 0 bridgehead atoms. The van der Waals surface area contributed by atoms with E-state index in [0.29, 0.717) is 0 Å². The molecule has 3 heterocycles. The molecule has 9 aromatic carbocycles. The molecule has 12 rings (SSSR count). The minimum absolute atomic E-state index is 0.804. The summed E-state index contributed by atoms with van der Waals surface area (Å²) in [4.78, 5) is 0. The smallest absolute Gasteiger partial charge is 0.147 e. The summed E-state index contributed by atoms with van der Waals surface area (Å²) in [7, 11) is 0. The van der Waals surface area contributed by atoms with Crippen LogP contribution in [0.5, 0.6) is 0 Å². The molecule has 0 aliphatic heterocycles. The van der Waals surface area contributed by atoms with Gasteiger partial charge in [0.15, 0.2) is 0 Å². The predicted octanol–water partition coefficient (Wildman–Crippen LogP) is 15.2. The van der Waals surface area contributed by atoms with Gasteiger partial charge in [0.2, 0.25) is 0 Å². The van der Waals surface area contributed by atoms with Crippen LogP contribution >= 0.6 is 0 Å². The molecule has 0 fully saturated rings. The molecule has 0 saturated heterocycles. The van der Waals surface area contributed by atoms with Gasteiger partial charge < -0.3 is 13.3 Å². The van der Waals surface area contributed by atoms with Crippen molar-refractivity contribution in [3.05, 3.63) is 182 Å². The maximum absolute atomic E-state index is 6.89. The summed E-state index contributed by atoms with van der Waals surface area (Å²) in [6.07, 6.45) is 0. The lowest BCUT2D eigenvalue weighted by Crippen LogP contribution is -1.91. The highest BCUT2D eigenvalue weighted by molar-refractivity contribution is 6.26. The molecule has 0 atom stereocenters. The molecule has 0 spiro atoms. The Hall–Kier alpha value is -7.36. The first-order valence-corrected chi connectivity index (χ1v) is 18.7. The van der Waals surface area contributed by atoms with E-state index >= 15 is 0 Å². The van der Waals surface area contributed by atoms with Crippen LogP contribution in [0.2, 0.25) is 0 Å². The molecule has 0 aliphatic rings. The van der Waals surface area contributed by atoms with Gasteiger partial charge >= 0.3 is 0 Å². The van der Waals surface area contributed by atoms with Crippen LogP contribution in [0.25, 0.3) is 121 Å². The average molecular weight is 703 g/mol. The Kier molecular flexibility index (Phi) is 6.34. The molecule has 0 amide bonds. The fourth-order valence-corrected chi connectivity index (χ4v) is 8.97. The fraction of sp³-hybridized carbons (Fsp3) is 0. The minimum Gasteiger partial charge on any atom is -0.456 e. The van der Waals surface area contributed by atoms with Gasteiger partial charge in [-0.05, 0) is 85.8 Å². The lowest BCUT2D eigenvalue weighted by molar-refractivity contribution is 0.634. The largest absolute Gasteiger partial charge is 0.456 e. The molecule has 12 aromatic rings. The minimum atomic E-state index is 0.804. The second-order valence-electron chi connectivity index (χ2n) is 14.3. The zero-order valence-corrected chi connectivity index (χ0v) is 29.5. The van der Waals surface area contributed by atoms with Gasteiger partial charge in [-0.3, -0.25) is 0 Å². The van der Waals surface area contributed by atoms with Crippen LogP contribution in [-0.4, -0.2) is 0 Å². The van der Waals surface area contributed by atoms with Crippen LogP contribution in [0, 0.1) is 0 Å². The first-order chi connectivity index (χ1) is 27.3. The third kappa shape index (κ3) is 4.38. The standard InChI is InChI=1S/C52H30O3/c1-3-14-31(15-4-1)47-41-28-29-44-50(52(41)55-51(47)32-16-5-2-6-17-32)39-27-26-33(30-45(39)54-44)46-34-18-7-9-20-36(34)48(37-21-10-8-19-35(37)46)40-23-13-25-43-49(40)38-22-11-12-24-42(38)53-43/h1-30H. The van der Waals surface area contributed by atoms with E-state index < -0.39 is 0 Å². The van der Waals surface area contributed by atoms with E-state index in [0.717, 1.165) is 82.9 Å². The fourth-order valence-electron chi connectivity index (χ4n) is 8.97. The molecule has 3 aromatic heterocycles. The molecule has 3 heteroatoms. The zero-order valence-electron chi connectivity index (χ0n) is 29.5. The van der Waals surface area contributed by atoms with Gasteiger partial charge in [-0.1, -0.05) is 146 Å². The van der Waals surface area contributed by atoms with E-state index in [1.54, 1.807) is 0 Å². The van der Waals surface area contributed by atoms with Crippen molar-refractivity contribution in [3.8, 4) is 44.7 Å². The van der Waals surface area contributed by atoms with E-state index in [9.17, 15) is 0 Å². The van der Waals surface area contributed by atoms with E-state index in [-0.39, 0.29) is 0 Å². The van der Waals surface area contributed by atoms with Gasteiger partial charge in [0.1, 0.15) is 33.7 Å². The maximum Gasteiger partial charge on any atom is 0.147 e. The number of benzene rings is 9. The highest BCUT2D eigenvalue weighted by Gasteiger charge is 2.24. The summed E-state index contributed by atoms with van der Waals surface area (Å²) in [5, 5.41) is 10.1. The SMILES string of the molecule is c1ccc(-c2oc3c(ccc4oc5cc(-c6c7ccccc7c(-c7cccc8oc9ccccc9c78)c7ccccc67)ccc5c43)c2-c2ccccc2)cc1. The Morgan fingerprint density at radius 1 is 0.273 bits per heavy atom. The number of hydrogen-bond acceptors (Lipinski definition) is 3. The van der Waals surface area contributed by atoms with Crippen molar-refractivity contribution in [3.63, 3.8) is 0 Å². The number of hydrogen-bond donors (Lipinski definition) is 0. The molecule has 3 nitrogen and oxygen atoms in total. The van der Waals surface area contributed by atoms with Crippen LogP contribution in [0.4, 0.5) is 0 Å². The third-order valence-corrected chi connectivity index (χ3v) is 11.3. The summed E-state index contributed by atoms with van der Waals surface area (Å²) in [6.45, 7) is 0. The predicted molar refractivity (Wildman–Crippen MR) is 228 cm³/mol. The van der Waals surface area contributed by atoms with Gasteiger partial charge in [0, 0.05) is 32.7 Å². The van der Waals surface area contributed by atoms with Crippen LogP contribution in [-0.2, 0) is 0 Å². The summed E-state index contributed by atoms with van der Waals surface area (Å²) < 4.78 is 20.0. The van der Waals surface area contributed by atoms with Crippen molar-refractivity contribution in [1.29, 1.82) is 0 Å². The van der Waals surface area contributed by atoms with Crippen molar-refractivity contribution in [2.75, 3.05) is 0 Å². The summed E-state index contributed by atoms with van der Waals surface area (Å²) in [5.41, 5.74) is 12.2. The Morgan fingerprint density at radius 3 is 1.55 bits per heavy atom. The van der Waals surface area contributed by atoms with Gasteiger partial charge in [0.25, 0.3) is 0 Å². The van der Waals surface area contributed by atoms with Gasteiger partial charge in [-0.2, -0.15) is 0 Å².